The van der Waals surface area contributed by atoms with Gasteiger partial charge in [-0.1, -0.05) is 12.1 Å². The number of aromatic hydroxyl groups is 1. The molecule has 102 valence electrons. The maximum absolute atomic E-state index is 11.8. The van der Waals surface area contributed by atoms with Crippen LogP contribution in [0.4, 0.5) is 10.5 Å². The Morgan fingerprint density at radius 1 is 1.21 bits per heavy atom. The van der Waals surface area contributed by atoms with Gasteiger partial charge in [-0.05, 0) is 38.1 Å². The first-order chi connectivity index (χ1) is 9.16. The zero-order chi connectivity index (χ0) is 13.7. The highest BCUT2D eigenvalue weighted by Gasteiger charge is 2.22. The lowest BCUT2D eigenvalue weighted by Crippen LogP contribution is -2.42. The van der Waals surface area contributed by atoms with Crippen molar-refractivity contribution in [2.75, 3.05) is 18.4 Å². The van der Waals surface area contributed by atoms with Crippen molar-refractivity contribution in [2.24, 2.45) is 5.92 Å². The van der Waals surface area contributed by atoms with Gasteiger partial charge in [0.05, 0.1) is 5.69 Å². The molecule has 0 aromatic heterocycles. The summed E-state index contributed by atoms with van der Waals surface area (Å²) in [6.45, 7) is 1.58. The first-order valence-electron chi connectivity index (χ1n) is 6.27. The molecule has 1 aliphatic heterocycles. The summed E-state index contributed by atoms with van der Waals surface area (Å²) < 4.78 is 0. The van der Waals surface area contributed by atoms with E-state index in [1.807, 2.05) is 0 Å². The second-order valence-corrected chi connectivity index (χ2v) is 4.48. The van der Waals surface area contributed by atoms with Gasteiger partial charge in [0.15, 0.2) is 0 Å². The molecule has 0 aliphatic carbocycles. The molecular formula is C13H17N3O3. The third-order valence-electron chi connectivity index (χ3n) is 3.10. The number of phenolic OH excluding ortho intramolecular Hbond substituents is 1. The van der Waals surface area contributed by atoms with E-state index in [1.165, 1.54) is 6.07 Å². The Morgan fingerprint density at radius 3 is 2.58 bits per heavy atom. The number of imide groups is 1. The third kappa shape index (κ3) is 3.69. The molecule has 19 heavy (non-hydrogen) atoms. The van der Waals surface area contributed by atoms with E-state index in [9.17, 15) is 14.7 Å². The molecule has 1 fully saturated rings. The quantitative estimate of drug-likeness (QED) is 0.600. The number of carbonyl (C=O) groups excluding carboxylic acids is 2. The van der Waals surface area contributed by atoms with Crippen LogP contribution in [0.25, 0.3) is 0 Å². The van der Waals surface area contributed by atoms with Crippen molar-refractivity contribution >= 4 is 17.6 Å². The van der Waals surface area contributed by atoms with Gasteiger partial charge in [0.25, 0.3) is 0 Å². The number of amides is 3. The summed E-state index contributed by atoms with van der Waals surface area (Å²) in [5.74, 6) is -0.433. The molecule has 0 spiro atoms. The number of rotatable bonds is 2. The topological polar surface area (TPSA) is 90.5 Å². The molecule has 6 heteroatoms. The van der Waals surface area contributed by atoms with E-state index in [1.54, 1.807) is 18.2 Å². The molecule has 1 saturated heterocycles. The van der Waals surface area contributed by atoms with E-state index in [-0.39, 0.29) is 23.3 Å². The van der Waals surface area contributed by atoms with Gasteiger partial charge < -0.3 is 15.7 Å². The van der Waals surface area contributed by atoms with Gasteiger partial charge >= 0.3 is 6.03 Å². The summed E-state index contributed by atoms with van der Waals surface area (Å²) in [6, 6.07) is 5.74. The van der Waals surface area contributed by atoms with Gasteiger partial charge in [-0.15, -0.1) is 0 Å². The molecule has 0 unspecified atom stereocenters. The fraction of sp³-hybridized carbons (Fsp3) is 0.385. The molecule has 4 N–H and O–H groups in total. The first kappa shape index (κ1) is 13.4. The molecule has 0 radical (unpaired) electrons. The van der Waals surface area contributed by atoms with Crippen molar-refractivity contribution in [3.63, 3.8) is 0 Å². The lowest BCUT2D eigenvalue weighted by Gasteiger charge is -2.21. The Kier molecular flexibility index (Phi) is 4.35. The number of urea groups is 1. The van der Waals surface area contributed by atoms with E-state index in [0.29, 0.717) is 0 Å². The highest BCUT2D eigenvalue weighted by atomic mass is 16.3. The van der Waals surface area contributed by atoms with E-state index < -0.39 is 6.03 Å². The summed E-state index contributed by atoms with van der Waals surface area (Å²) in [4.78, 5) is 23.5. The summed E-state index contributed by atoms with van der Waals surface area (Å²) in [5, 5.41) is 17.4. The van der Waals surface area contributed by atoms with Gasteiger partial charge in [-0.3, -0.25) is 10.1 Å². The second-order valence-electron chi connectivity index (χ2n) is 4.48. The normalized spacial score (nSPS) is 15.8. The Labute approximate surface area is 111 Å². The van der Waals surface area contributed by atoms with Crippen LogP contribution < -0.4 is 16.0 Å². The Morgan fingerprint density at radius 2 is 1.89 bits per heavy atom. The maximum atomic E-state index is 11.8. The van der Waals surface area contributed by atoms with Crippen molar-refractivity contribution in [3.05, 3.63) is 24.3 Å². The number of nitrogens with one attached hydrogen (secondary N) is 3. The van der Waals surface area contributed by atoms with Crippen LogP contribution in [-0.4, -0.2) is 30.1 Å². The number of hydrogen-bond acceptors (Lipinski definition) is 4. The molecular weight excluding hydrogens is 246 g/mol. The van der Waals surface area contributed by atoms with E-state index in [4.69, 9.17) is 0 Å². The molecule has 0 atom stereocenters. The predicted octanol–water partition coefficient (Wildman–Crippen LogP) is 1.04. The number of anilines is 1. The molecule has 0 bridgehead atoms. The summed E-state index contributed by atoms with van der Waals surface area (Å²) in [7, 11) is 0. The highest BCUT2D eigenvalue weighted by molar-refractivity contribution is 6.02. The number of phenols is 1. The van der Waals surface area contributed by atoms with E-state index >= 15 is 0 Å². The Bertz CT molecular complexity index is 470. The third-order valence-corrected chi connectivity index (χ3v) is 3.10. The maximum Gasteiger partial charge on any atom is 0.325 e. The standard InChI is InChI=1S/C13H17N3O3/c17-11-4-2-1-3-10(11)15-13(19)16-12(18)9-5-7-14-8-6-9/h1-4,9,14,17H,5-8H2,(H2,15,16,18,19). The van der Waals surface area contributed by atoms with Crippen LogP contribution in [0.5, 0.6) is 5.75 Å². The van der Waals surface area contributed by atoms with Crippen molar-refractivity contribution in [2.45, 2.75) is 12.8 Å². The van der Waals surface area contributed by atoms with Crippen molar-refractivity contribution in [3.8, 4) is 5.75 Å². The van der Waals surface area contributed by atoms with Crippen molar-refractivity contribution in [1.82, 2.24) is 10.6 Å². The number of para-hydroxylation sites is 2. The van der Waals surface area contributed by atoms with Crippen LogP contribution in [0, 0.1) is 5.92 Å². The largest absolute Gasteiger partial charge is 0.506 e. The smallest absolute Gasteiger partial charge is 0.325 e. The fourth-order valence-corrected chi connectivity index (χ4v) is 2.03. The van der Waals surface area contributed by atoms with Gasteiger partial charge in [0.1, 0.15) is 5.75 Å². The van der Waals surface area contributed by atoms with Crippen LogP contribution >= 0.6 is 0 Å². The SMILES string of the molecule is O=C(NC(=O)C1CCNCC1)Nc1ccccc1O. The molecule has 3 amide bonds. The van der Waals surface area contributed by atoms with E-state index in [2.05, 4.69) is 16.0 Å². The summed E-state index contributed by atoms with van der Waals surface area (Å²) in [5.41, 5.74) is 0.276. The summed E-state index contributed by atoms with van der Waals surface area (Å²) in [6.07, 6.45) is 1.46. The Balaban J connectivity index is 1.87. The van der Waals surface area contributed by atoms with Crippen LogP contribution in [0.3, 0.4) is 0 Å². The number of hydrogen-bond donors (Lipinski definition) is 4. The average molecular weight is 263 g/mol. The Hall–Kier alpha value is -2.08. The minimum atomic E-state index is -0.620. The number of benzene rings is 1. The summed E-state index contributed by atoms with van der Waals surface area (Å²) >= 11 is 0. The fourth-order valence-electron chi connectivity index (χ4n) is 2.03. The van der Waals surface area contributed by atoms with Crippen LogP contribution in [0.2, 0.25) is 0 Å². The molecule has 1 heterocycles. The molecule has 1 aromatic carbocycles. The zero-order valence-electron chi connectivity index (χ0n) is 10.5. The van der Waals surface area contributed by atoms with Crippen molar-refractivity contribution < 1.29 is 14.7 Å². The monoisotopic (exact) mass is 263 g/mol. The highest BCUT2D eigenvalue weighted by Crippen LogP contribution is 2.21. The molecule has 1 aliphatic rings. The van der Waals surface area contributed by atoms with Gasteiger partial charge in [-0.2, -0.15) is 0 Å². The zero-order valence-corrected chi connectivity index (χ0v) is 10.5. The lowest BCUT2D eigenvalue weighted by atomic mass is 9.97. The lowest BCUT2D eigenvalue weighted by molar-refractivity contribution is -0.124. The van der Waals surface area contributed by atoms with Crippen LogP contribution in [0.1, 0.15) is 12.8 Å². The number of carbonyl (C=O) groups is 2. The molecule has 6 nitrogen and oxygen atoms in total. The van der Waals surface area contributed by atoms with Crippen LogP contribution in [0.15, 0.2) is 24.3 Å². The first-order valence-corrected chi connectivity index (χ1v) is 6.27. The van der Waals surface area contributed by atoms with Gasteiger partial charge in [0.2, 0.25) is 5.91 Å². The minimum Gasteiger partial charge on any atom is -0.506 e. The van der Waals surface area contributed by atoms with Gasteiger partial charge in [-0.25, -0.2) is 4.79 Å². The molecule has 1 aromatic rings. The van der Waals surface area contributed by atoms with Gasteiger partial charge in [0, 0.05) is 5.92 Å². The number of piperidine rings is 1. The second kappa shape index (κ2) is 6.19. The van der Waals surface area contributed by atoms with Crippen molar-refractivity contribution in [1.29, 1.82) is 0 Å². The minimum absolute atomic E-state index is 0.0352. The van der Waals surface area contributed by atoms with E-state index in [0.717, 1.165) is 25.9 Å². The van der Waals surface area contributed by atoms with Crippen LogP contribution in [-0.2, 0) is 4.79 Å². The molecule has 0 saturated carbocycles. The predicted molar refractivity (Wildman–Crippen MR) is 70.9 cm³/mol. The molecule has 2 rings (SSSR count). The average Bonchev–Trinajstić information content (AvgIpc) is 2.42.